The van der Waals surface area contributed by atoms with Crippen LogP contribution in [-0.2, 0) is 4.74 Å². The minimum Gasteiger partial charge on any atom is -0.497 e. The second kappa shape index (κ2) is 9.33. The van der Waals surface area contributed by atoms with Crippen LogP contribution < -0.4 is 0 Å². The molecule has 0 aromatic heterocycles. The van der Waals surface area contributed by atoms with Crippen LogP contribution in [-0.4, -0.2) is 25.4 Å². The van der Waals surface area contributed by atoms with Gasteiger partial charge < -0.3 is 4.74 Å². The van der Waals surface area contributed by atoms with Gasteiger partial charge in [-0.3, -0.25) is 4.99 Å². The lowest BCUT2D eigenvalue weighted by Gasteiger charge is -1.90. The first-order valence-corrected chi connectivity index (χ1v) is 4.82. The van der Waals surface area contributed by atoms with Crippen LogP contribution in [0.3, 0.4) is 0 Å². The smallest absolute Gasteiger partial charge is 0.115 e. The molecule has 4 heteroatoms. The van der Waals surface area contributed by atoms with E-state index in [0.29, 0.717) is 6.61 Å². The van der Waals surface area contributed by atoms with Gasteiger partial charge in [-0.1, -0.05) is 6.08 Å². The first-order valence-electron chi connectivity index (χ1n) is 4.82. The highest BCUT2D eigenvalue weighted by Gasteiger charge is 1.72. The minimum absolute atomic E-state index is 0.498. The van der Waals surface area contributed by atoms with E-state index in [4.69, 9.17) is 4.74 Å². The lowest BCUT2D eigenvalue weighted by molar-refractivity contribution is 0.289. The summed E-state index contributed by atoms with van der Waals surface area (Å²) >= 11 is 0. The molecule has 0 unspecified atom stereocenters. The number of hydrogen-bond acceptors (Lipinski definition) is 4. The second-order valence-corrected chi connectivity index (χ2v) is 2.63. The standard InChI is InChI=1S/C12H13N3O/c1-2-6-14-12-15-8-4-7-13-9-5-11-16-10-3-1/h1-10,12H,11H2/b2-1+,8-4+,9-5+,10-3-,13-7-,14-6-,15-12+. The van der Waals surface area contributed by atoms with Gasteiger partial charge in [-0.05, 0) is 24.3 Å². The molecule has 1 aliphatic rings. The number of nitrogens with zero attached hydrogens (tertiary/aromatic N) is 3. The molecule has 0 amide bonds. The molecule has 16 heavy (non-hydrogen) atoms. The fraction of sp³-hybridized carbons (Fsp3) is 0.0833. The summed E-state index contributed by atoms with van der Waals surface area (Å²) in [7, 11) is 0. The molecule has 0 aromatic rings. The monoisotopic (exact) mass is 215 g/mol. The zero-order valence-electron chi connectivity index (χ0n) is 8.81. The van der Waals surface area contributed by atoms with Crippen molar-refractivity contribution in [3.63, 3.8) is 0 Å². The van der Waals surface area contributed by atoms with Crippen molar-refractivity contribution in [2.75, 3.05) is 6.61 Å². The van der Waals surface area contributed by atoms with Crippen molar-refractivity contribution in [3.05, 3.63) is 49.0 Å². The van der Waals surface area contributed by atoms with Crippen LogP contribution in [0.1, 0.15) is 0 Å². The third kappa shape index (κ3) is 7.20. The van der Waals surface area contributed by atoms with Crippen LogP contribution in [0.4, 0.5) is 0 Å². The van der Waals surface area contributed by atoms with Crippen LogP contribution in [0.2, 0.25) is 0 Å². The first kappa shape index (κ1) is 11.8. The molecule has 0 N–H and O–H groups in total. The van der Waals surface area contributed by atoms with Gasteiger partial charge in [-0.15, -0.1) is 0 Å². The van der Waals surface area contributed by atoms with Crippen molar-refractivity contribution < 1.29 is 4.74 Å². The van der Waals surface area contributed by atoms with Crippen molar-refractivity contribution in [1.29, 1.82) is 0 Å². The zero-order chi connectivity index (χ0) is 11.3. The molecule has 4 nitrogen and oxygen atoms in total. The van der Waals surface area contributed by atoms with E-state index in [2.05, 4.69) is 15.0 Å². The van der Waals surface area contributed by atoms with E-state index in [1.807, 2.05) is 12.2 Å². The summed E-state index contributed by atoms with van der Waals surface area (Å²) in [6.07, 6.45) is 18.6. The van der Waals surface area contributed by atoms with Gasteiger partial charge in [0, 0.05) is 24.8 Å². The number of rotatable bonds is 0. The maximum absolute atomic E-state index is 5.15. The molecule has 1 heterocycles. The van der Waals surface area contributed by atoms with E-state index < -0.39 is 0 Å². The Hall–Kier alpha value is -2.23. The van der Waals surface area contributed by atoms with E-state index in [-0.39, 0.29) is 0 Å². The fourth-order valence-electron chi connectivity index (χ4n) is 0.782. The molecule has 1 aliphatic heterocycles. The number of aliphatic imine (C=N–C) groups is 3. The van der Waals surface area contributed by atoms with Crippen LogP contribution in [0.15, 0.2) is 64.0 Å². The highest BCUT2D eigenvalue weighted by Crippen LogP contribution is 1.83. The third-order valence-corrected chi connectivity index (χ3v) is 1.43. The van der Waals surface area contributed by atoms with Crippen LogP contribution >= 0.6 is 0 Å². The Labute approximate surface area is 94.8 Å². The van der Waals surface area contributed by atoms with Crippen LogP contribution in [0.25, 0.3) is 0 Å². The Kier molecular flexibility index (Phi) is 6.91. The summed E-state index contributed by atoms with van der Waals surface area (Å²) in [4.78, 5) is 11.8. The zero-order valence-corrected chi connectivity index (χ0v) is 8.81. The Morgan fingerprint density at radius 3 is 2.75 bits per heavy atom. The molecule has 0 saturated carbocycles. The van der Waals surface area contributed by atoms with Crippen LogP contribution in [0.5, 0.6) is 0 Å². The van der Waals surface area contributed by atoms with Crippen molar-refractivity contribution in [1.82, 2.24) is 0 Å². The molecule has 82 valence electrons. The summed E-state index contributed by atoms with van der Waals surface area (Å²) in [5.74, 6) is 0. The van der Waals surface area contributed by atoms with E-state index in [1.165, 1.54) is 6.34 Å². The molecular formula is C12H13N3O. The highest BCUT2D eigenvalue weighted by atomic mass is 16.5. The summed E-state index contributed by atoms with van der Waals surface area (Å²) in [5.41, 5.74) is 0. The Balaban J connectivity index is 2.57. The highest BCUT2D eigenvalue weighted by molar-refractivity contribution is 5.80. The Morgan fingerprint density at radius 1 is 0.812 bits per heavy atom. The van der Waals surface area contributed by atoms with E-state index >= 15 is 0 Å². The molecule has 0 saturated heterocycles. The molecule has 0 bridgehead atoms. The van der Waals surface area contributed by atoms with Crippen molar-refractivity contribution >= 4 is 18.8 Å². The van der Waals surface area contributed by atoms with Crippen molar-refractivity contribution in [2.45, 2.75) is 0 Å². The molecule has 0 spiro atoms. The molecule has 0 radical (unpaired) electrons. The maximum Gasteiger partial charge on any atom is 0.115 e. The average molecular weight is 215 g/mol. The van der Waals surface area contributed by atoms with Gasteiger partial charge in [0.05, 0.1) is 6.26 Å². The van der Waals surface area contributed by atoms with Gasteiger partial charge in [0.1, 0.15) is 12.9 Å². The van der Waals surface area contributed by atoms with Gasteiger partial charge in [-0.2, -0.15) is 0 Å². The largest absolute Gasteiger partial charge is 0.497 e. The van der Waals surface area contributed by atoms with Crippen molar-refractivity contribution in [3.8, 4) is 0 Å². The van der Waals surface area contributed by atoms with E-state index in [1.54, 1.807) is 49.3 Å². The second-order valence-electron chi connectivity index (χ2n) is 2.63. The van der Waals surface area contributed by atoms with Gasteiger partial charge >= 0.3 is 0 Å². The van der Waals surface area contributed by atoms with Gasteiger partial charge in [0.25, 0.3) is 0 Å². The summed E-state index contributed by atoms with van der Waals surface area (Å²) in [5, 5.41) is 0. The maximum atomic E-state index is 5.15. The molecule has 1 rings (SSSR count). The summed E-state index contributed by atoms with van der Waals surface area (Å²) in [6, 6.07) is 0. The molecule has 0 aromatic carbocycles. The molecular weight excluding hydrogens is 202 g/mol. The normalized spacial score (nSPS) is 30.5. The molecule has 0 aliphatic carbocycles. The third-order valence-electron chi connectivity index (χ3n) is 1.43. The summed E-state index contributed by atoms with van der Waals surface area (Å²) < 4.78 is 5.15. The molecule has 0 fully saturated rings. The Bertz CT molecular complexity index is 338. The Morgan fingerprint density at radius 2 is 1.75 bits per heavy atom. The van der Waals surface area contributed by atoms with Gasteiger partial charge in [0.15, 0.2) is 0 Å². The molecule has 0 atom stereocenters. The van der Waals surface area contributed by atoms with Crippen LogP contribution in [0, 0.1) is 0 Å². The van der Waals surface area contributed by atoms with E-state index in [9.17, 15) is 0 Å². The quantitative estimate of drug-likeness (QED) is 0.611. The number of ether oxygens (including phenoxy) is 1. The lowest BCUT2D eigenvalue weighted by atomic mass is 10.5. The van der Waals surface area contributed by atoms with Gasteiger partial charge in [-0.25, -0.2) is 9.98 Å². The predicted molar refractivity (Wildman–Crippen MR) is 68.0 cm³/mol. The topological polar surface area (TPSA) is 46.3 Å². The SMILES string of the molecule is C1=C\OC/C=C/N=C\C=C\N=C\N=C/C=C/1. The lowest BCUT2D eigenvalue weighted by Crippen LogP contribution is -1.79. The average Bonchev–Trinajstić information content (AvgIpc) is 2.29. The first-order chi connectivity index (χ1) is 8.00. The van der Waals surface area contributed by atoms with Crippen molar-refractivity contribution in [2.24, 2.45) is 15.0 Å². The summed E-state index contributed by atoms with van der Waals surface area (Å²) in [6.45, 7) is 0.498. The fourth-order valence-corrected chi connectivity index (χ4v) is 0.782. The minimum atomic E-state index is 0.498. The predicted octanol–water partition coefficient (Wildman–Crippen LogP) is 2.28. The van der Waals surface area contributed by atoms with E-state index in [0.717, 1.165) is 0 Å². The number of hydrogen-bond donors (Lipinski definition) is 0. The van der Waals surface area contributed by atoms with Gasteiger partial charge in [0.2, 0.25) is 0 Å². The number of allylic oxidation sites excluding steroid dienone is 4.